The van der Waals surface area contributed by atoms with Gasteiger partial charge >= 0.3 is 11.8 Å². The van der Waals surface area contributed by atoms with E-state index in [1.54, 1.807) is 58.0 Å². The molecule has 2 aliphatic rings. The van der Waals surface area contributed by atoms with Crippen LogP contribution in [0.2, 0.25) is 0 Å². The number of allylic oxidation sites excluding steroid dienone is 2. The van der Waals surface area contributed by atoms with Crippen LogP contribution < -0.4 is 20.2 Å². The average Bonchev–Trinajstić information content (AvgIpc) is 3.55. The highest BCUT2D eigenvalue weighted by molar-refractivity contribution is 6.26. The molecule has 0 aliphatic carbocycles. The highest BCUT2D eigenvalue weighted by Gasteiger charge is 2.49. The second-order valence-electron chi connectivity index (χ2n) is 17.2. The number of hydrogen-bond donors (Lipinski definition) is 4. The smallest absolute Gasteiger partial charge is 0.312 e. The van der Waals surface area contributed by atoms with Gasteiger partial charge in [0.25, 0.3) is 11.7 Å². The number of fused-ring (bicyclic) bond motifs is 2. The summed E-state index contributed by atoms with van der Waals surface area (Å²) in [4.78, 5) is 62.8. The van der Waals surface area contributed by atoms with Crippen molar-refractivity contribution in [2.45, 2.75) is 99.4 Å². The van der Waals surface area contributed by atoms with E-state index in [1.165, 1.54) is 53.2 Å². The number of aromatic hydroxyl groups is 1. The van der Waals surface area contributed by atoms with Crippen LogP contribution in [0.4, 0.5) is 5.69 Å². The van der Waals surface area contributed by atoms with E-state index < -0.39 is 82.7 Å². The third-order valence-corrected chi connectivity index (χ3v) is 12.9. The Labute approximate surface area is 377 Å². The van der Waals surface area contributed by atoms with E-state index in [0.717, 1.165) is 13.1 Å². The lowest BCUT2D eigenvalue weighted by Crippen LogP contribution is -2.46. The number of aliphatic hydroxyl groups excluding tert-OH is 2. The number of amides is 1. The normalized spacial score (nSPS) is 28.5. The fourth-order valence-corrected chi connectivity index (χ4v) is 8.74. The number of para-hydroxylation sites is 1. The predicted octanol–water partition coefficient (Wildman–Crippen LogP) is 6.72. The Balaban J connectivity index is 1.59. The fourth-order valence-electron chi connectivity index (χ4n) is 8.74. The molecule has 16 nitrogen and oxygen atoms in total. The van der Waals surface area contributed by atoms with Crippen LogP contribution in [0.5, 0.6) is 17.2 Å². The van der Waals surface area contributed by atoms with Crippen molar-refractivity contribution in [2.75, 3.05) is 38.7 Å². The average molecular weight is 900 g/mol. The number of ketones is 1. The second kappa shape index (κ2) is 19.7. The first-order chi connectivity index (χ1) is 30.8. The number of Topliss-reactive ketones (excluding diaryl/α,β-unsaturated/α-hetero) is 1. The van der Waals surface area contributed by atoms with Gasteiger partial charge in [0.05, 0.1) is 35.5 Å². The van der Waals surface area contributed by atoms with E-state index in [9.17, 15) is 34.5 Å². The Kier molecular flexibility index (Phi) is 14.8. The number of methoxy groups -OCH3 is 1. The molecule has 0 saturated heterocycles. The highest BCUT2D eigenvalue weighted by Crippen LogP contribution is 2.49. The Bertz CT molecular complexity index is 2630. The number of aromatic nitrogens is 1. The lowest BCUT2D eigenvalue weighted by Gasteiger charge is -2.38. The van der Waals surface area contributed by atoms with Gasteiger partial charge in [0.1, 0.15) is 40.9 Å². The highest BCUT2D eigenvalue weighted by atomic mass is 16.7. The van der Waals surface area contributed by atoms with Crippen LogP contribution in [0.1, 0.15) is 78.2 Å². The maximum Gasteiger partial charge on any atom is 0.312 e. The van der Waals surface area contributed by atoms with Gasteiger partial charge in [0, 0.05) is 67.7 Å². The SMILES string of the molecule is CCN(CC)CCOc1cccc2oc3c4c(O)c5c(=O)c(C)c6c(c5c3nc12)C(=O)[C@@](C)(O/C=C/[C@H](OC)[C@@H](C)[C@@H](OC(C)=O)[C@H](C)[C@H](O)[C@H](C)[C@@H](O)[C@@H](C)/C=C/C=C(/C)C(=O)N4)O6. The zero-order chi connectivity index (χ0) is 47.7. The largest absolute Gasteiger partial charge is 0.505 e. The fraction of sp³-hybridized carbons (Fsp3) is 0.490. The number of anilines is 1. The van der Waals surface area contributed by atoms with Crippen molar-refractivity contribution in [1.29, 1.82) is 0 Å². The molecular weight excluding hydrogens is 839 g/mol. The third-order valence-electron chi connectivity index (χ3n) is 12.9. The lowest BCUT2D eigenvalue weighted by atomic mass is 9.78. The molecule has 16 heteroatoms. The van der Waals surface area contributed by atoms with Gasteiger partial charge in [-0.1, -0.05) is 65.8 Å². The first kappa shape index (κ1) is 48.6. The number of nitrogens with one attached hydrogen (secondary N) is 1. The molecule has 0 fully saturated rings. The number of benzene rings is 3. The molecule has 6 rings (SSSR count). The maximum atomic E-state index is 14.8. The minimum Gasteiger partial charge on any atom is -0.505 e. The van der Waals surface area contributed by atoms with Crippen molar-refractivity contribution in [3.63, 3.8) is 0 Å². The molecule has 4 N–H and O–H groups in total. The topological polar surface area (TPSA) is 216 Å². The molecule has 3 aromatic carbocycles. The molecule has 1 amide bonds. The first-order valence-electron chi connectivity index (χ1n) is 22.0. The molecule has 0 spiro atoms. The number of rotatable bonds is 8. The molecule has 0 radical (unpaired) electrons. The number of likely N-dealkylation sites (N-methyl/N-ethyl adjacent to an activating group) is 1. The zero-order valence-electron chi connectivity index (χ0n) is 38.9. The molecule has 4 aromatic rings. The third kappa shape index (κ3) is 9.35. The van der Waals surface area contributed by atoms with Crippen molar-refractivity contribution in [3.8, 4) is 17.2 Å². The van der Waals surface area contributed by atoms with Gasteiger partial charge in [-0.2, -0.15) is 0 Å². The van der Waals surface area contributed by atoms with Crippen LogP contribution in [0.25, 0.3) is 33.0 Å². The zero-order valence-corrected chi connectivity index (χ0v) is 38.9. The Morgan fingerprint density at radius 3 is 2.34 bits per heavy atom. The Hall–Kier alpha value is -5.81. The van der Waals surface area contributed by atoms with Crippen molar-refractivity contribution < 1.29 is 57.8 Å². The van der Waals surface area contributed by atoms with Crippen LogP contribution in [0.15, 0.2) is 63.6 Å². The van der Waals surface area contributed by atoms with Crippen molar-refractivity contribution in [2.24, 2.45) is 23.7 Å². The lowest BCUT2D eigenvalue weighted by molar-refractivity contribution is -0.160. The summed E-state index contributed by atoms with van der Waals surface area (Å²) in [5.41, 5.74) is -0.609. The van der Waals surface area contributed by atoms with Crippen LogP contribution >= 0.6 is 0 Å². The summed E-state index contributed by atoms with van der Waals surface area (Å²) in [6, 6.07) is 5.08. The van der Waals surface area contributed by atoms with Crippen LogP contribution in [-0.4, -0.2) is 106 Å². The summed E-state index contributed by atoms with van der Waals surface area (Å²) in [5.74, 6) is -6.94. The van der Waals surface area contributed by atoms with Gasteiger partial charge in [-0.3, -0.25) is 19.2 Å². The number of aliphatic hydroxyl groups is 2. The number of ether oxygens (including phenoxy) is 5. The quantitative estimate of drug-likeness (QED) is 0.0625. The standard InChI is InChI=1S/C49H61N3O13/c1-12-52(13-2)21-23-61-32-18-15-19-33-37(32)50-38-34-35-42(56)29(8)45-36(34)47(58)49(10,65-45)62-22-20-31(60-11)26(5)44(63-30(9)53)28(7)41(55)27(6)40(54)24(3)16-14-17-25(4)48(59)51-39(43(35)57)46(38)64-33/h14-20,22,24,26-28,31,40-41,44,54-55,57H,12-13,21,23H2,1-11H3,(H,51,59)/b16-14+,22-20+,25-17-/t24-,26+,27+,28+,31-,40-,41+,44+,49-/m0/s1. The summed E-state index contributed by atoms with van der Waals surface area (Å²) in [7, 11) is 1.44. The molecule has 2 aliphatic heterocycles. The summed E-state index contributed by atoms with van der Waals surface area (Å²) in [5, 5.41) is 37.4. The molecule has 9 atom stereocenters. The van der Waals surface area contributed by atoms with Crippen LogP contribution in [0, 0.1) is 30.6 Å². The number of phenolic OH excluding ortho intramolecular Hbond substituents is 1. The summed E-state index contributed by atoms with van der Waals surface area (Å²) >= 11 is 0. The summed E-state index contributed by atoms with van der Waals surface area (Å²) < 4.78 is 36.6. The van der Waals surface area contributed by atoms with E-state index in [-0.39, 0.29) is 61.1 Å². The van der Waals surface area contributed by atoms with Gasteiger partial charge in [-0.05, 0) is 45.1 Å². The van der Waals surface area contributed by atoms with Gasteiger partial charge in [0.2, 0.25) is 0 Å². The molecule has 4 bridgehead atoms. The molecule has 1 aromatic heterocycles. The molecule has 350 valence electrons. The number of hydrogen-bond acceptors (Lipinski definition) is 15. The molecule has 0 saturated carbocycles. The minimum absolute atomic E-state index is 0.0142. The van der Waals surface area contributed by atoms with Crippen molar-refractivity contribution in [3.05, 3.63) is 75.7 Å². The molecule has 3 heterocycles. The van der Waals surface area contributed by atoms with Crippen LogP contribution in [0.3, 0.4) is 0 Å². The van der Waals surface area contributed by atoms with Gasteiger partial charge in [-0.25, -0.2) is 4.98 Å². The monoisotopic (exact) mass is 899 g/mol. The van der Waals surface area contributed by atoms with E-state index in [0.29, 0.717) is 18.9 Å². The predicted molar refractivity (Wildman–Crippen MR) is 245 cm³/mol. The van der Waals surface area contributed by atoms with Crippen LogP contribution in [-0.2, 0) is 23.8 Å². The summed E-state index contributed by atoms with van der Waals surface area (Å²) in [6.45, 7) is 19.3. The van der Waals surface area contributed by atoms with Crippen molar-refractivity contribution >= 4 is 56.3 Å². The van der Waals surface area contributed by atoms with E-state index in [4.69, 9.17) is 33.1 Å². The number of nitrogens with zero attached hydrogens (tertiary/aromatic N) is 2. The number of esters is 1. The molecule has 0 unspecified atom stereocenters. The first-order valence-corrected chi connectivity index (χ1v) is 22.0. The maximum absolute atomic E-state index is 14.8. The van der Waals surface area contributed by atoms with E-state index in [2.05, 4.69) is 24.1 Å². The van der Waals surface area contributed by atoms with E-state index in [1.807, 2.05) is 0 Å². The second-order valence-corrected chi connectivity index (χ2v) is 17.2. The van der Waals surface area contributed by atoms with Gasteiger partial charge in [-0.15, -0.1) is 0 Å². The minimum atomic E-state index is -2.06. The Morgan fingerprint density at radius 2 is 1.68 bits per heavy atom. The van der Waals surface area contributed by atoms with Gasteiger partial charge in [0.15, 0.2) is 22.3 Å². The number of carbonyl (C=O) groups excluding carboxylic acids is 3. The Morgan fingerprint density at radius 1 is 0.969 bits per heavy atom. The molecular formula is C49H61N3O13. The van der Waals surface area contributed by atoms with E-state index >= 15 is 0 Å². The number of phenols is 1. The van der Waals surface area contributed by atoms with Gasteiger partial charge < -0.3 is 53.6 Å². The summed E-state index contributed by atoms with van der Waals surface area (Å²) in [6.07, 6.45) is 3.61. The van der Waals surface area contributed by atoms with Crippen molar-refractivity contribution in [1.82, 2.24) is 9.88 Å². The molecule has 65 heavy (non-hydrogen) atoms. The number of carbonyl (C=O) groups is 3.